The van der Waals surface area contributed by atoms with Gasteiger partial charge in [-0.25, -0.2) is 0 Å². The fourth-order valence-corrected chi connectivity index (χ4v) is 3.61. The van der Waals surface area contributed by atoms with Gasteiger partial charge in [0.05, 0.1) is 11.3 Å². The van der Waals surface area contributed by atoms with Gasteiger partial charge in [0, 0.05) is 10.8 Å². The molecule has 0 unspecified atom stereocenters. The van der Waals surface area contributed by atoms with Crippen molar-refractivity contribution in [3.63, 3.8) is 0 Å². The minimum Gasteiger partial charge on any atom is -0.337 e. The number of thioether (sulfide) groups is 1. The van der Waals surface area contributed by atoms with Gasteiger partial charge in [-0.1, -0.05) is 43.0 Å². The van der Waals surface area contributed by atoms with Gasteiger partial charge in [0.1, 0.15) is 5.54 Å². The van der Waals surface area contributed by atoms with Crippen LogP contribution in [0.25, 0.3) is 0 Å². The number of nitrogens with zero attached hydrogens (tertiary/aromatic N) is 1. The first kappa shape index (κ1) is 17.2. The largest absolute Gasteiger partial charge is 0.337 e. The third-order valence-electron chi connectivity index (χ3n) is 4.07. The molecule has 3 nitrogen and oxygen atoms in total. The summed E-state index contributed by atoms with van der Waals surface area (Å²) in [4.78, 5) is 12.3. The molecule has 0 aromatic heterocycles. The van der Waals surface area contributed by atoms with Crippen LogP contribution in [0.15, 0.2) is 24.3 Å². The van der Waals surface area contributed by atoms with E-state index in [2.05, 4.69) is 11.4 Å². The third-order valence-corrected chi connectivity index (χ3v) is 5.53. The Morgan fingerprint density at radius 2 is 2.00 bits per heavy atom. The van der Waals surface area contributed by atoms with E-state index in [4.69, 9.17) is 11.6 Å². The van der Waals surface area contributed by atoms with E-state index < -0.39 is 5.54 Å². The number of hydrogen-bond acceptors (Lipinski definition) is 3. The lowest BCUT2D eigenvalue weighted by atomic mass is 9.83. The summed E-state index contributed by atoms with van der Waals surface area (Å²) < 4.78 is 0. The summed E-state index contributed by atoms with van der Waals surface area (Å²) in [6.45, 7) is 1.89. The Labute approximate surface area is 141 Å². The number of carbonyl (C=O) groups excluding carboxylic acids is 1. The Hall–Kier alpha value is -1.18. The van der Waals surface area contributed by atoms with E-state index in [1.165, 1.54) is 0 Å². The van der Waals surface area contributed by atoms with E-state index in [1.807, 2.05) is 31.2 Å². The van der Waals surface area contributed by atoms with Crippen LogP contribution in [-0.4, -0.2) is 16.7 Å². The van der Waals surface area contributed by atoms with E-state index in [0.717, 1.165) is 43.4 Å². The molecule has 0 radical (unpaired) electrons. The van der Waals surface area contributed by atoms with Crippen molar-refractivity contribution in [2.24, 2.45) is 0 Å². The van der Waals surface area contributed by atoms with Crippen LogP contribution >= 0.6 is 23.4 Å². The van der Waals surface area contributed by atoms with Gasteiger partial charge < -0.3 is 5.32 Å². The summed E-state index contributed by atoms with van der Waals surface area (Å²) in [6, 6.07) is 9.98. The highest BCUT2D eigenvalue weighted by molar-refractivity contribution is 7.99. The molecule has 1 aromatic rings. The van der Waals surface area contributed by atoms with Crippen LogP contribution in [0.5, 0.6) is 0 Å². The van der Waals surface area contributed by atoms with E-state index in [-0.39, 0.29) is 11.2 Å². The van der Waals surface area contributed by atoms with Crippen molar-refractivity contribution in [3.8, 4) is 6.07 Å². The first-order valence-corrected chi connectivity index (χ1v) is 9.07. The Bertz CT molecular complexity index is 547. The van der Waals surface area contributed by atoms with Crippen molar-refractivity contribution in [3.05, 3.63) is 34.9 Å². The minimum absolute atomic E-state index is 0.0394. The summed E-state index contributed by atoms with van der Waals surface area (Å²) in [5.74, 6) is 0.716. The van der Waals surface area contributed by atoms with Crippen molar-refractivity contribution in [2.75, 3.05) is 0 Å². The number of amides is 1. The average Bonchev–Trinajstić information content (AvgIpc) is 2.55. The van der Waals surface area contributed by atoms with Crippen LogP contribution in [0.4, 0.5) is 0 Å². The van der Waals surface area contributed by atoms with E-state index in [1.54, 1.807) is 11.8 Å². The molecule has 1 aliphatic rings. The third kappa shape index (κ3) is 4.66. The van der Waals surface area contributed by atoms with Gasteiger partial charge in [-0.05, 0) is 37.5 Å². The maximum absolute atomic E-state index is 12.3. The van der Waals surface area contributed by atoms with Crippen LogP contribution in [0.1, 0.15) is 44.6 Å². The summed E-state index contributed by atoms with van der Waals surface area (Å²) in [5, 5.41) is 12.9. The molecule has 0 saturated heterocycles. The molecule has 0 aliphatic heterocycles. The van der Waals surface area contributed by atoms with E-state index in [9.17, 15) is 10.1 Å². The molecule has 1 N–H and O–H groups in total. The highest BCUT2D eigenvalue weighted by atomic mass is 35.5. The molecule has 1 fully saturated rings. The number of nitrogens with one attached hydrogen (secondary N) is 1. The zero-order chi connectivity index (χ0) is 16.0. The van der Waals surface area contributed by atoms with Crippen LogP contribution in [-0.2, 0) is 10.5 Å². The van der Waals surface area contributed by atoms with E-state index >= 15 is 0 Å². The molecule has 1 amide bonds. The Morgan fingerprint density at radius 1 is 1.36 bits per heavy atom. The Balaban J connectivity index is 1.86. The maximum atomic E-state index is 12.3. The van der Waals surface area contributed by atoms with Crippen molar-refractivity contribution in [1.29, 1.82) is 5.26 Å². The van der Waals surface area contributed by atoms with Gasteiger partial charge >= 0.3 is 0 Å². The highest BCUT2D eigenvalue weighted by Crippen LogP contribution is 2.28. The molecule has 0 spiro atoms. The summed E-state index contributed by atoms with van der Waals surface area (Å²) >= 11 is 7.44. The van der Waals surface area contributed by atoms with E-state index in [0.29, 0.717) is 5.02 Å². The second-order valence-corrected chi connectivity index (χ2v) is 7.59. The second-order valence-electron chi connectivity index (χ2n) is 5.82. The standard InChI is InChI=1S/C17H21ClN2OS/c1-13(22-11-14-5-7-15(18)8-6-14)16(21)20-17(12-19)9-3-2-4-10-17/h5-8,13H,2-4,9-11H2,1H3,(H,20,21)/t13-/m1/s1. The first-order chi connectivity index (χ1) is 10.5. The normalized spacial score (nSPS) is 18.2. The first-order valence-electron chi connectivity index (χ1n) is 7.64. The molecule has 118 valence electrons. The summed E-state index contributed by atoms with van der Waals surface area (Å²) in [5.41, 5.74) is 0.492. The molecule has 22 heavy (non-hydrogen) atoms. The molecule has 1 aromatic carbocycles. The molecular formula is C17H21ClN2OS. The van der Waals surface area contributed by atoms with Crippen molar-refractivity contribution in [2.45, 2.75) is 55.6 Å². The topological polar surface area (TPSA) is 52.9 Å². The van der Waals surface area contributed by atoms with Crippen molar-refractivity contribution >= 4 is 29.3 Å². The number of benzene rings is 1. The maximum Gasteiger partial charge on any atom is 0.234 e. The molecule has 1 atom stereocenters. The average molecular weight is 337 g/mol. The summed E-state index contributed by atoms with van der Waals surface area (Å²) in [7, 11) is 0. The highest BCUT2D eigenvalue weighted by Gasteiger charge is 2.34. The molecule has 1 aliphatic carbocycles. The number of rotatable bonds is 5. The molecule has 1 saturated carbocycles. The molecule has 5 heteroatoms. The van der Waals surface area contributed by atoms with Crippen LogP contribution in [0.2, 0.25) is 5.02 Å². The smallest absolute Gasteiger partial charge is 0.234 e. The summed E-state index contributed by atoms with van der Waals surface area (Å²) in [6.07, 6.45) is 4.72. The van der Waals surface area contributed by atoms with Gasteiger partial charge in [-0.3, -0.25) is 4.79 Å². The lowest BCUT2D eigenvalue weighted by molar-refractivity contribution is -0.121. The van der Waals surface area contributed by atoms with Gasteiger partial charge in [0.15, 0.2) is 0 Å². The fraction of sp³-hybridized carbons (Fsp3) is 0.529. The van der Waals surface area contributed by atoms with Crippen molar-refractivity contribution in [1.82, 2.24) is 5.32 Å². The lowest BCUT2D eigenvalue weighted by Crippen LogP contribution is -2.50. The zero-order valence-corrected chi connectivity index (χ0v) is 14.3. The van der Waals surface area contributed by atoms with Crippen LogP contribution in [0.3, 0.4) is 0 Å². The predicted molar refractivity (Wildman–Crippen MR) is 91.8 cm³/mol. The Kier molecular flexibility index (Phi) is 6.16. The van der Waals surface area contributed by atoms with Gasteiger partial charge in [0.25, 0.3) is 0 Å². The SMILES string of the molecule is C[C@@H](SCc1ccc(Cl)cc1)C(=O)NC1(C#N)CCCCC1. The second kappa shape index (κ2) is 7.89. The minimum atomic E-state index is -0.648. The fourth-order valence-electron chi connectivity index (χ4n) is 2.64. The number of carbonyl (C=O) groups is 1. The van der Waals surface area contributed by atoms with Gasteiger partial charge in [-0.15, -0.1) is 11.8 Å². The molecular weight excluding hydrogens is 316 g/mol. The van der Waals surface area contributed by atoms with Gasteiger partial charge in [-0.2, -0.15) is 5.26 Å². The van der Waals surface area contributed by atoms with Crippen LogP contribution < -0.4 is 5.32 Å². The predicted octanol–water partition coefficient (Wildman–Crippen LogP) is 4.30. The van der Waals surface area contributed by atoms with Gasteiger partial charge in [0.2, 0.25) is 5.91 Å². The number of nitriles is 1. The zero-order valence-electron chi connectivity index (χ0n) is 12.8. The number of hydrogen-bond donors (Lipinski definition) is 1. The molecule has 0 bridgehead atoms. The lowest BCUT2D eigenvalue weighted by Gasteiger charge is -2.32. The van der Waals surface area contributed by atoms with Crippen LogP contribution in [0, 0.1) is 11.3 Å². The molecule has 2 rings (SSSR count). The Morgan fingerprint density at radius 3 is 2.59 bits per heavy atom. The quantitative estimate of drug-likeness (QED) is 0.871. The number of halogens is 1. The van der Waals surface area contributed by atoms with Crippen molar-refractivity contribution < 1.29 is 4.79 Å². The molecule has 0 heterocycles. The monoisotopic (exact) mass is 336 g/mol.